The van der Waals surface area contributed by atoms with Gasteiger partial charge in [-0.05, 0) is 24.3 Å². The molecule has 0 spiro atoms. The molecule has 0 aliphatic carbocycles. The van der Waals surface area contributed by atoms with Crippen molar-refractivity contribution in [2.24, 2.45) is 0 Å². The Labute approximate surface area is 162 Å². The summed E-state index contributed by atoms with van der Waals surface area (Å²) in [5.74, 6) is 1.74. The van der Waals surface area contributed by atoms with Crippen LogP contribution in [-0.2, 0) is 10.0 Å². The summed E-state index contributed by atoms with van der Waals surface area (Å²) in [4.78, 5) is 12.3. The van der Waals surface area contributed by atoms with Crippen LogP contribution in [-0.4, -0.2) is 36.5 Å². The molecule has 0 fully saturated rings. The first-order chi connectivity index (χ1) is 13.6. The van der Waals surface area contributed by atoms with Gasteiger partial charge < -0.3 is 10.6 Å². The minimum absolute atomic E-state index is 0.0404. The zero-order valence-electron chi connectivity index (χ0n) is 14.7. The maximum atomic E-state index is 12.3. The van der Waals surface area contributed by atoms with Gasteiger partial charge in [-0.15, -0.1) is 0 Å². The van der Waals surface area contributed by atoms with Crippen molar-refractivity contribution in [1.82, 2.24) is 19.7 Å². The molecule has 28 heavy (non-hydrogen) atoms. The lowest BCUT2D eigenvalue weighted by atomic mass is 10.2. The van der Waals surface area contributed by atoms with Crippen molar-refractivity contribution in [1.29, 1.82) is 5.26 Å². The fraction of sp³-hybridized carbons (Fsp3) is 0.111. The molecule has 10 heteroatoms. The summed E-state index contributed by atoms with van der Waals surface area (Å²) in [7, 11) is -3.77. The van der Waals surface area contributed by atoms with Crippen LogP contribution in [0.2, 0.25) is 0 Å². The van der Waals surface area contributed by atoms with E-state index in [2.05, 4.69) is 30.3 Å². The molecule has 9 nitrogen and oxygen atoms in total. The number of nitriles is 1. The van der Waals surface area contributed by atoms with Gasteiger partial charge in [0.1, 0.15) is 29.9 Å². The summed E-state index contributed by atoms with van der Waals surface area (Å²) in [5, 5.41) is 15.1. The lowest BCUT2D eigenvalue weighted by Crippen LogP contribution is -2.29. The van der Waals surface area contributed by atoms with Crippen LogP contribution in [0.4, 0.5) is 17.5 Å². The number of hydrogen-bond acceptors (Lipinski definition) is 8. The van der Waals surface area contributed by atoms with E-state index >= 15 is 0 Å². The first-order valence-corrected chi connectivity index (χ1v) is 9.79. The first-order valence-electron chi connectivity index (χ1n) is 8.31. The Morgan fingerprint density at radius 1 is 0.929 bits per heavy atom. The molecule has 0 aliphatic rings. The number of pyridine rings is 1. The van der Waals surface area contributed by atoms with E-state index in [0.29, 0.717) is 24.0 Å². The van der Waals surface area contributed by atoms with Crippen molar-refractivity contribution in [3.05, 3.63) is 66.6 Å². The number of aromatic nitrogens is 3. The number of rotatable bonds is 8. The third-order valence-electron chi connectivity index (χ3n) is 3.61. The van der Waals surface area contributed by atoms with Gasteiger partial charge in [0, 0.05) is 25.4 Å². The van der Waals surface area contributed by atoms with Crippen molar-refractivity contribution < 1.29 is 8.42 Å². The number of hydrogen-bond donors (Lipinski definition) is 3. The first kappa shape index (κ1) is 19.2. The highest BCUT2D eigenvalue weighted by Crippen LogP contribution is 2.15. The predicted octanol–water partition coefficient (Wildman–Crippen LogP) is 1.88. The van der Waals surface area contributed by atoms with E-state index in [1.807, 2.05) is 24.3 Å². The summed E-state index contributed by atoms with van der Waals surface area (Å²) in [6.45, 7) is 0.420. The van der Waals surface area contributed by atoms with Gasteiger partial charge in [0.05, 0.1) is 10.5 Å². The fourth-order valence-corrected chi connectivity index (χ4v) is 3.52. The standard InChI is InChI=1S/C18H17N7O2S/c19-12-14-5-1-2-6-15(14)28(26,27)24-10-9-21-17-11-18(23-13-22-17)25-16-7-3-4-8-20-16/h1-8,11,13,24H,9-10H2,(H2,20,21,22,23,25). The van der Waals surface area contributed by atoms with Crippen molar-refractivity contribution in [2.75, 3.05) is 23.7 Å². The Morgan fingerprint density at radius 3 is 2.50 bits per heavy atom. The number of sulfonamides is 1. The maximum absolute atomic E-state index is 12.3. The molecule has 142 valence electrons. The quantitative estimate of drug-likeness (QED) is 0.492. The molecule has 1 aromatic carbocycles. The highest BCUT2D eigenvalue weighted by molar-refractivity contribution is 7.89. The number of nitrogens with one attached hydrogen (secondary N) is 3. The molecule has 0 unspecified atom stereocenters. The number of benzene rings is 1. The van der Waals surface area contributed by atoms with Crippen molar-refractivity contribution in [3.8, 4) is 6.07 Å². The average Bonchev–Trinajstić information content (AvgIpc) is 2.72. The number of anilines is 3. The van der Waals surface area contributed by atoms with Crippen LogP contribution in [0.5, 0.6) is 0 Å². The molecule has 0 radical (unpaired) electrons. The highest BCUT2D eigenvalue weighted by Gasteiger charge is 2.17. The highest BCUT2D eigenvalue weighted by atomic mass is 32.2. The predicted molar refractivity (Wildman–Crippen MR) is 104 cm³/mol. The third-order valence-corrected chi connectivity index (χ3v) is 5.13. The second kappa shape index (κ2) is 8.90. The number of nitrogens with zero attached hydrogens (tertiary/aromatic N) is 4. The lowest BCUT2D eigenvalue weighted by molar-refractivity contribution is 0.582. The topological polar surface area (TPSA) is 133 Å². The minimum Gasteiger partial charge on any atom is -0.369 e. The molecule has 3 N–H and O–H groups in total. The molecule has 0 amide bonds. The smallest absolute Gasteiger partial charge is 0.241 e. The van der Waals surface area contributed by atoms with Gasteiger partial charge in [0.2, 0.25) is 10.0 Å². The largest absolute Gasteiger partial charge is 0.369 e. The normalized spacial score (nSPS) is 10.8. The molecule has 3 rings (SSSR count). The maximum Gasteiger partial charge on any atom is 0.241 e. The van der Waals surface area contributed by atoms with Crippen LogP contribution in [0, 0.1) is 11.3 Å². The van der Waals surface area contributed by atoms with Gasteiger partial charge in [-0.3, -0.25) is 0 Å². The minimum atomic E-state index is -3.77. The van der Waals surface area contributed by atoms with E-state index in [9.17, 15) is 8.42 Å². The van der Waals surface area contributed by atoms with Crippen LogP contribution in [0.3, 0.4) is 0 Å². The Bertz CT molecular complexity index is 1080. The van der Waals surface area contributed by atoms with E-state index in [4.69, 9.17) is 5.26 Å². The zero-order valence-corrected chi connectivity index (χ0v) is 15.5. The molecule has 2 heterocycles. The van der Waals surface area contributed by atoms with Gasteiger partial charge in [0.15, 0.2) is 0 Å². The van der Waals surface area contributed by atoms with Gasteiger partial charge >= 0.3 is 0 Å². The van der Waals surface area contributed by atoms with E-state index in [-0.39, 0.29) is 17.0 Å². The molecule has 3 aromatic rings. The Morgan fingerprint density at radius 2 is 1.71 bits per heavy atom. The van der Waals surface area contributed by atoms with E-state index in [1.165, 1.54) is 18.5 Å². The summed E-state index contributed by atoms with van der Waals surface area (Å²) >= 11 is 0. The summed E-state index contributed by atoms with van der Waals surface area (Å²) in [6.07, 6.45) is 3.06. The second-order valence-electron chi connectivity index (χ2n) is 5.56. The summed E-state index contributed by atoms with van der Waals surface area (Å²) in [6, 6.07) is 15.1. The van der Waals surface area contributed by atoms with Gasteiger partial charge in [-0.25, -0.2) is 28.1 Å². The van der Waals surface area contributed by atoms with Crippen LogP contribution >= 0.6 is 0 Å². The van der Waals surface area contributed by atoms with Crippen molar-refractivity contribution >= 4 is 27.5 Å². The molecule has 0 saturated carbocycles. The molecule has 0 bridgehead atoms. The molecule has 2 aromatic heterocycles. The van der Waals surface area contributed by atoms with E-state index < -0.39 is 10.0 Å². The zero-order chi connectivity index (χ0) is 19.8. The van der Waals surface area contributed by atoms with Crippen LogP contribution < -0.4 is 15.4 Å². The van der Waals surface area contributed by atoms with Crippen LogP contribution in [0.25, 0.3) is 0 Å². The second-order valence-corrected chi connectivity index (χ2v) is 7.30. The summed E-state index contributed by atoms with van der Waals surface area (Å²) < 4.78 is 27.2. The molecular weight excluding hydrogens is 378 g/mol. The average molecular weight is 395 g/mol. The Hall–Kier alpha value is -3.55. The Balaban J connectivity index is 1.55. The van der Waals surface area contributed by atoms with Gasteiger partial charge in [-0.2, -0.15) is 5.26 Å². The molecular formula is C18H17N7O2S. The van der Waals surface area contributed by atoms with Crippen LogP contribution in [0.15, 0.2) is 66.0 Å². The lowest BCUT2D eigenvalue weighted by Gasteiger charge is -2.10. The van der Waals surface area contributed by atoms with Crippen molar-refractivity contribution in [3.63, 3.8) is 0 Å². The van der Waals surface area contributed by atoms with Gasteiger partial charge in [0.25, 0.3) is 0 Å². The third kappa shape index (κ3) is 5.00. The SMILES string of the molecule is N#Cc1ccccc1S(=O)(=O)NCCNc1cc(Nc2ccccn2)ncn1. The van der Waals surface area contributed by atoms with Crippen LogP contribution in [0.1, 0.15) is 5.56 Å². The molecule has 0 atom stereocenters. The fourth-order valence-electron chi connectivity index (χ4n) is 2.34. The molecule has 0 aliphatic heterocycles. The van der Waals surface area contributed by atoms with E-state index in [0.717, 1.165) is 0 Å². The molecule has 0 saturated heterocycles. The van der Waals surface area contributed by atoms with Crippen molar-refractivity contribution in [2.45, 2.75) is 4.90 Å². The van der Waals surface area contributed by atoms with Gasteiger partial charge in [-0.1, -0.05) is 18.2 Å². The monoisotopic (exact) mass is 395 g/mol. The summed E-state index contributed by atoms with van der Waals surface area (Å²) in [5.41, 5.74) is 0.101. The van der Waals surface area contributed by atoms with E-state index in [1.54, 1.807) is 24.4 Å². The Kier molecular flexibility index (Phi) is 6.11.